The largest absolute Gasteiger partial charge is 0.341 e. The fourth-order valence-electron chi connectivity index (χ4n) is 2.33. The van der Waals surface area contributed by atoms with E-state index in [-0.39, 0.29) is 24.4 Å². The van der Waals surface area contributed by atoms with E-state index in [1.54, 1.807) is 4.90 Å². The predicted molar refractivity (Wildman–Crippen MR) is 92.9 cm³/mol. The smallest absolute Gasteiger partial charge is 0.224 e. The summed E-state index contributed by atoms with van der Waals surface area (Å²) < 4.78 is 0. The molecule has 0 bridgehead atoms. The maximum atomic E-state index is 12.3. The fraction of sp³-hybridized carbons (Fsp3) is 0.278. The van der Waals surface area contributed by atoms with Crippen molar-refractivity contribution in [3.63, 3.8) is 0 Å². The van der Waals surface area contributed by atoms with Crippen LogP contribution in [0.1, 0.15) is 29.2 Å². The van der Waals surface area contributed by atoms with Gasteiger partial charge in [0.2, 0.25) is 5.91 Å². The van der Waals surface area contributed by atoms with E-state index < -0.39 is 0 Å². The van der Waals surface area contributed by atoms with Gasteiger partial charge in [-0.1, -0.05) is 60.2 Å². The number of halogens is 1. The number of aryl methyl sites for hydroxylation is 1. The van der Waals surface area contributed by atoms with Gasteiger partial charge in [0.1, 0.15) is 0 Å². The molecule has 118 valence electrons. The Kier molecular flexibility index (Phi) is 7.09. The quantitative estimate of drug-likeness (QED) is 0.917. The number of nitrogens with zero attached hydrogens (tertiary/aromatic N) is 1. The van der Waals surface area contributed by atoms with Crippen molar-refractivity contribution in [1.82, 2.24) is 4.90 Å². The Morgan fingerprint density at radius 3 is 2.45 bits per heavy atom. The second kappa shape index (κ2) is 8.57. The van der Waals surface area contributed by atoms with Crippen molar-refractivity contribution < 1.29 is 4.79 Å². The Hall–Kier alpha value is -1.84. The first-order valence-corrected chi connectivity index (χ1v) is 7.16. The minimum atomic E-state index is -0.251. The van der Waals surface area contributed by atoms with Crippen molar-refractivity contribution in [2.24, 2.45) is 5.73 Å². The van der Waals surface area contributed by atoms with Crippen LogP contribution in [0, 0.1) is 6.92 Å². The van der Waals surface area contributed by atoms with Crippen LogP contribution in [0.25, 0.3) is 0 Å². The molecule has 3 nitrogen and oxygen atoms in total. The Balaban J connectivity index is 0.00000242. The summed E-state index contributed by atoms with van der Waals surface area (Å²) in [7, 11) is 1.82. The minimum absolute atomic E-state index is 0. The van der Waals surface area contributed by atoms with Gasteiger partial charge in [0.05, 0.1) is 0 Å². The van der Waals surface area contributed by atoms with Crippen LogP contribution in [0.4, 0.5) is 0 Å². The van der Waals surface area contributed by atoms with Crippen LogP contribution in [0.15, 0.2) is 54.6 Å². The van der Waals surface area contributed by atoms with Crippen LogP contribution in [-0.2, 0) is 11.3 Å². The van der Waals surface area contributed by atoms with Crippen molar-refractivity contribution in [3.05, 3.63) is 71.3 Å². The zero-order valence-electron chi connectivity index (χ0n) is 13.0. The molecule has 22 heavy (non-hydrogen) atoms. The van der Waals surface area contributed by atoms with Gasteiger partial charge < -0.3 is 10.6 Å². The minimum Gasteiger partial charge on any atom is -0.341 e. The molecule has 2 rings (SSSR count). The van der Waals surface area contributed by atoms with Gasteiger partial charge in [-0.05, 0) is 18.1 Å². The molecule has 1 amide bonds. The molecule has 0 fully saturated rings. The van der Waals surface area contributed by atoms with Gasteiger partial charge in [-0.2, -0.15) is 0 Å². The molecule has 0 aliphatic carbocycles. The van der Waals surface area contributed by atoms with Crippen LogP contribution < -0.4 is 5.73 Å². The Morgan fingerprint density at radius 1 is 1.14 bits per heavy atom. The average Bonchev–Trinajstić information content (AvgIpc) is 2.48. The number of nitrogens with two attached hydrogens (primary N) is 1. The van der Waals surface area contributed by atoms with Crippen molar-refractivity contribution in [2.75, 3.05) is 7.05 Å². The van der Waals surface area contributed by atoms with Gasteiger partial charge in [-0.15, -0.1) is 12.4 Å². The number of hydrogen-bond donors (Lipinski definition) is 1. The van der Waals surface area contributed by atoms with Crippen molar-refractivity contribution in [3.8, 4) is 0 Å². The monoisotopic (exact) mass is 318 g/mol. The number of hydrogen-bond acceptors (Lipinski definition) is 2. The number of carbonyl (C=O) groups is 1. The Bertz CT molecular complexity index is 601. The Labute approximate surface area is 138 Å². The van der Waals surface area contributed by atoms with E-state index in [0.29, 0.717) is 13.0 Å². The lowest BCUT2D eigenvalue weighted by atomic mass is 10.0. The molecule has 0 saturated heterocycles. The summed E-state index contributed by atoms with van der Waals surface area (Å²) in [5.41, 5.74) is 9.44. The third-order valence-electron chi connectivity index (χ3n) is 3.55. The molecule has 1 atom stereocenters. The number of carbonyl (C=O) groups excluding carboxylic acids is 1. The molecule has 1 unspecified atom stereocenters. The van der Waals surface area contributed by atoms with E-state index in [0.717, 1.165) is 11.1 Å². The molecule has 0 saturated carbocycles. The predicted octanol–water partition coefficient (Wildman–Crippen LogP) is 3.47. The van der Waals surface area contributed by atoms with E-state index in [1.807, 2.05) is 49.5 Å². The molecule has 0 heterocycles. The third kappa shape index (κ3) is 5.17. The molecule has 2 N–H and O–H groups in total. The summed E-state index contributed by atoms with van der Waals surface area (Å²) in [6, 6.07) is 17.7. The van der Waals surface area contributed by atoms with E-state index in [4.69, 9.17) is 5.73 Å². The summed E-state index contributed by atoms with van der Waals surface area (Å²) in [6.45, 7) is 2.67. The normalized spacial score (nSPS) is 11.4. The lowest BCUT2D eigenvalue weighted by Crippen LogP contribution is -2.29. The summed E-state index contributed by atoms with van der Waals surface area (Å²) >= 11 is 0. The van der Waals surface area contributed by atoms with Crippen LogP contribution in [0.3, 0.4) is 0 Å². The maximum Gasteiger partial charge on any atom is 0.224 e. The van der Waals surface area contributed by atoms with Gasteiger partial charge in [-0.3, -0.25) is 4.79 Å². The summed E-state index contributed by atoms with van der Waals surface area (Å²) in [5.74, 6) is 0.0628. The first-order chi connectivity index (χ1) is 10.1. The SMILES string of the molecule is Cc1cccc(CN(C)C(=O)CC(N)c2ccccc2)c1.Cl. The second-order valence-electron chi connectivity index (χ2n) is 5.46. The summed E-state index contributed by atoms with van der Waals surface area (Å²) in [6.07, 6.45) is 0.326. The van der Waals surface area contributed by atoms with Crippen LogP contribution in [0.5, 0.6) is 0 Å². The summed E-state index contributed by atoms with van der Waals surface area (Å²) in [5, 5.41) is 0. The highest BCUT2D eigenvalue weighted by molar-refractivity contribution is 5.85. The number of benzene rings is 2. The highest BCUT2D eigenvalue weighted by atomic mass is 35.5. The van der Waals surface area contributed by atoms with Crippen molar-refractivity contribution in [1.29, 1.82) is 0 Å². The third-order valence-corrected chi connectivity index (χ3v) is 3.55. The second-order valence-corrected chi connectivity index (χ2v) is 5.46. The van der Waals surface area contributed by atoms with Gasteiger partial charge in [0.15, 0.2) is 0 Å². The molecule has 0 aliphatic rings. The van der Waals surface area contributed by atoms with E-state index in [9.17, 15) is 4.79 Å². The highest BCUT2D eigenvalue weighted by Gasteiger charge is 2.15. The van der Waals surface area contributed by atoms with Crippen LogP contribution in [0.2, 0.25) is 0 Å². The van der Waals surface area contributed by atoms with Crippen LogP contribution >= 0.6 is 12.4 Å². The highest BCUT2D eigenvalue weighted by Crippen LogP contribution is 2.15. The molecule has 0 radical (unpaired) electrons. The van der Waals surface area contributed by atoms with Gasteiger partial charge in [-0.25, -0.2) is 0 Å². The van der Waals surface area contributed by atoms with E-state index in [2.05, 4.69) is 19.1 Å². The molecule has 2 aromatic rings. The van der Waals surface area contributed by atoms with Gasteiger partial charge >= 0.3 is 0 Å². The molecule has 0 spiro atoms. The summed E-state index contributed by atoms with van der Waals surface area (Å²) in [4.78, 5) is 14.0. The van der Waals surface area contributed by atoms with Gasteiger partial charge in [0.25, 0.3) is 0 Å². The first kappa shape index (κ1) is 18.2. The zero-order chi connectivity index (χ0) is 15.2. The lowest BCUT2D eigenvalue weighted by molar-refractivity contribution is -0.130. The first-order valence-electron chi connectivity index (χ1n) is 7.16. The average molecular weight is 319 g/mol. The molecular formula is C18H23ClN2O. The molecule has 4 heteroatoms. The van der Waals surface area contributed by atoms with E-state index >= 15 is 0 Å². The fourth-order valence-corrected chi connectivity index (χ4v) is 2.33. The van der Waals surface area contributed by atoms with Crippen molar-refractivity contribution >= 4 is 18.3 Å². The van der Waals surface area contributed by atoms with Crippen molar-refractivity contribution in [2.45, 2.75) is 25.9 Å². The molecule has 2 aromatic carbocycles. The number of rotatable bonds is 5. The molecule has 0 aliphatic heterocycles. The zero-order valence-corrected chi connectivity index (χ0v) is 13.8. The maximum absolute atomic E-state index is 12.3. The topological polar surface area (TPSA) is 46.3 Å². The molecule has 0 aromatic heterocycles. The number of amides is 1. The standard InChI is InChI=1S/C18H22N2O.ClH/c1-14-7-6-8-15(11-14)13-20(2)18(21)12-17(19)16-9-4-3-5-10-16;/h3-11,17H,12-13,19H2,1-2H3;1H. The molecular weight excluding hydrogens is 296 g/mol. The van der Waals surface area contributed by atoms with Crippen LogP contribution in [-0.4, -0.2) is 17.9 Å². The Morgan fingerprint density at radius 2 is 1.82 bits per heavy atom. The lowest BCUT2D eigenvalue weighted by Gasteiger charge is -2.20. The van der Waals surface area contributed by atoms with Gasteiger partial charge in [0, 0.05) is 26.1 Å². The van der Waals surface area contributed by atoms with E-state index in [1.165, 1.54) is 5.56 Å².